The summed E-state index contributed by atoms with van der Waals surface area (Å²) in [7, 11) is 0. The quantitative estimate of drug-likeness (QED) is 0.512. The first-order valence-electron chi connectivity index (χ1n) is 4.52. The molecule has 0 bridgehead atoms. The first-order valence-corrected chi connectivity index (χ1v) is 4.52. The van der Waals surface area contributed by atoms with Crippen molar-refractivity contribution in [2.45, 2.75) is 45.4 Å². The van der Waals surface area contributed by atoms with Crippen LogP contribution in [0.15, 0.2) is 12.2 Å². The van der Waals surface area contributed by atoms with E-state index in [2.05, 4.69) is 13.5 Å². The van der Waals surface area contributed by atoms with Gasteiger partial charge in [0.2, 0.25) is 0 Å². The van der Waals surface area contributed by atoms with Crippen LogP contribution in [0.5, 0.6) is 0 Å². The number of allylic oxidation sites excluding steroid dienone is 1. The van der Waals surface area contributed by atoms with Crippen molar-refractivity contribution in [1.82, 2.24) is 0 Å². The van der Waals surface area contributed by atoms with Crippen molar-refractivity contribution in [3.63, 3.8) is 0 Å². The molecule has 0 unspecified atom stereocenters. The molecule has 0 heteroatoms. The maximum absolute atomic E-state index is 4.11. The molecule has 1 fully saturated rings. The van der Waals surface area contributed by atoms with Crippen molar-refractivity contribution in [3.05, 3.63) is 12.2 Å². The molecule has 58 valence electrons. The van der Waals surface area contributed by atoms with Gasteiger partial charge in [0, 0.05) is 0 Å². The molecule has 1 saturated carbocycles. The van der Waals surface area contributed by atoms with Gasteiger partial charge >= 0.3 is 0 Å². The van der Waals surface area contributed by atoms with E-state index >= 15 is 0 Å². The normalized spacial score (nSPS) is 26.9. The highest BCUT2D eigenvalue weighted by Gasteiger charge is 2.15. The molecule has 1 rings (SSSR count). The van der Waals surface area contributed by atoms with Gasteiger partial charge in [-0.1, -0.05) is 31.9 Å². The zero-order valence-electron chi connectivity index (χ0n) is 7.03. The summed E-state index contributed by atoms with van der Waals surface area (Å²) in [6.45, 7) is 6.38. The molecule has 0 aromatic heterocycles. The van der Waals surface area contributed by atoms with E-state index in [-0.39, 0.29) is 0 Å². The molecule has 1 aliphatic carbocycles. The summed E-state index contributed by atoms with van der Waals surface area (Å²) in [4.78, 5) is 0. The van der Waals surface area contributed by atoms with Crippen LogP contribution in [0.4, 0.5) is 0 Å². The Morgan fingerprint density at radius 1 is 1.50 bits per heavy atom. The van der Waals surface area contributed by atoms with Gasteiger partial charge in [-0.15, -0.1) is 0 Å². The maximum Gasteiger partial charge on any atom is -0.0206 e. The van der Waals surface area contributed by atoms with Crippen molar-refractivity contribution >= 4 is 0 Å². The van der Waals surface area contributed by atoms with Crippen LogP contribution >= 0.6 is 0 Å². The van der Waals surface area contributed by atoms with E-state index < -0.39 is 0 Å². The molecule has 10 heavy (non-hydrogen) atoms. The fraction of sp³-hybridized carbons (Fsp3) is 0.800. The minimum absolute atomic E-state index is 0.874. The Labute approximate surface area is 64.3 Å². The predicted octanol–water partition coefficient (Wildman–Crippen LogP) is 3.53. The number of hydrogen-bond donors (Lipinski definition) is 0. The van der Waals surface area contributed by atoms with E-state index in [1.807, 2.05) is 0 Å². The summed E-state index contributed by atoms with van der Waals surface area (Å²) in [5.74, 6) is 0.874. The molecule has 0 saturated heterocycles. The second-order valence-corrected chi connectivity index (χ2v) is 3.39. The van der Waals surface area contributed by atoms with Gasteiger partial charge in [-0.05, 0) is 31.6 Å². The van der Waals surface area contributed by atoms with Crippen molar-refractivity contribution in [1.29, 1.82) is 0 Å². The van der Waals surface area contributed by atoms with Gasteiger partial charge in [0.15, 0.2) is 0 Å². The van der Waals surface area contributed by atoms with Gasteiger partial charge in [0.25, 0.3) is 0 Å². The molecule has 0 heterocycles. The van der Waals surface area contributed by atoms with E-state index in [0.29, 0.717) is 0 Å². The first-order chi connectivity index (χ1) is 4.84. The molecule has 1 aliphatic rings. The molecule has 0 spiro atoms. The fourth-order valence-corrected chi connectivity index (χ4v) is 1.85. The van der Waals surface area contributed by atoms with E-state index in [1.54, 1.807) is 0 Å². The van der Waals surface area contributed by atoms with Gasteiger partial charge in [-0.2, -0.15) is 0 Å². The molecule has 0 aromatic carbocycles. The Balaban J connectivity index is 2.32. The lowest BCUT2D eigenvalue weighted by Gasteiger charge is -2.23. The Morgan fingerprint density at radius 2 is 2.30 bits per heavy atom. The van der Waals surface area contributed by atoms with E-state index in [1.165, 1.54) is 44.1 Å². The highest BCUT2D eigenvalue weighted by Crippen LogP contribution is 2.30. The van der Waals surface area contributed by atoms with E-state index in [0.717, 1.165) is 5.92 Å². The van der Waals surface area contributed by atoms with Gasteiger partial charge in [-0.3, -0.25) is 0 Å². The third-order valence-electron chi connectivity index (χ3n) is 2.51. The highest BCUT2D eigenvalue weighted by atomic mass is 14.2. The monoisotopic (exact) mass is 138 g/mol. The topological polar surface area (TPSA) is 0 Å². The van der Waals surface area contributed by atoms with Crippen LogP contribution in [0.1, 0.15) is 45.4 Å². The third kappa shape index (κ3) is 1.86. The second-order valence-electron chi connectivity index (χ2n) is 3.39. The molecule has 0 aromatic rings. The SMILES string of the molecule is C=C1CCCC[C@H]1CCC. The summed E-state index contributed by atoms with van der Waals surface area (Å²) < 4.78 is 0. The molecule has 1 atom stereocenters. The zero-order chi connectivity index (χ0) is 7.40. The standard InChI is InChI=1S/C10H18/c1-3-6-10-8-5-4-7-9(10)2/h10H,2-8H2,1H3/t10-/m1/s1. The van der Waals surface area contributed by atoms with Gasteiger partial charge in [-0.25, -0.2) is 0 Å². The third-order valence-corrected chi connectivity index (χ3v) is 2.51. The summed E-state index contributed by atoms with van der Waals surface area (Å²) in [5, 5.41) is 0. The minimum atomic E-state index is 0.874. The second kappa shape index (κ2) is 3.80. The molecule has 0 aliphatic heterocycles. The lowest BCUT2D eigenvalue weighted by Crippen LogP contribution is -2.08. The van der Waals surface area contributed by atoms with Crippen LogP contribution in [0.2, 0.25) is 0 Å². The van der Waals surface area contributed by atoms with Crippen LogP contribution < -0.4 is 0 Å². The maximum atomic E-state index is 4.11. The predicted molar refractivity (Wildman–Crippen MR) is 46.0 cm³/mol. The highest BCUT2D eigenvalue weighted by molar-refractivity contribution is 5.02. The molecule has 0 N–H and O–H groups in total. The fourth-order valence-electron chi connectivity index (χ4n) is 1.85. The minimum Gasteiger partial charge on any atom is -0.0996 e. The lowest BCUT2D eigenvalue weighted by molar-refractivity contribution is 0.426. The van der Waals surface area contributed by atoms with E-state index in [9.17, 15) is 0 Å². The number of hydrogen-bond acceptors (Lipinski definition) is 0. The molecule has 0 amide bonds. The summed E-state index contributed by atoms with van der Waals surface area (Å²) in [6.07, 6.45) is 8.22. The Hall–Kier alpha value is -0.260. The average molecular weight is 138 g/mol. The van der Waals surface area contributed by atoms with Crippen LogP contribution in [0, 0.1) is 5.92 Å². The van der Waals surface area contributed by atoms with Crippen LogP contribution in [0.3, 0.4) is 0 Å². The summed E-state index contributed by atoms with van der Waals surface area (Å²) in [6, 6.07) is 0. The molecule has 0 nitrogen and oxygen atoms in total. The Morgan fingerprint density at radius 3 is 2.90 bits per heavy atom. The largest absolute Gasteiger partial charge is 0.0996 e. The van der Waals surface area contributed by atoms with Crippen LogP contribution in [0.25, 0.3) is 0 Å². The van der Waals surface area contributed by atoms with Crippen molar-refractivity contribution in [3.8, 4) is 0 Å². The Bertz CT molecular complexity index is 111. The summed E-state index contributed by atoms with van der Waals surface area (Å²) in [5.41, 5.74) is 1.52. The van der Waals surface area contributed by atoms with Crippen LogP contribution in [-0.4, -0.2) is 0 Å². The van der Waals surface area contributed by atoms with Crippen molar-refractivity contribution in [2.75, 3.05) is 0 Å². The first kappa shape index (κ1) is 7.84. The van der Waals surface area contributed by atoms with Gasteiger partial charge < -0.3 is 0 Å². The van der Waals surface area contributed by atoms with E-state index in [4.69, 9.17) is 0 Å². The van der Waals surface area contributed by atoms with Crippen LogP contribution in [-0.2, 0) is 0 Å². The number of rotatable bonds is 2. The molecular formula is C10H18. The molecular weight excluding hydrogens is 120 g/mol. The van der Waals surface area contributed by atoms with Gasteiger partial charge in [0.1, 0.15) is 0 Å². The molecule has 0 radical (unpaired) electrons. The summed E-state index contributed by atoms with van der Waals surface area (Å²) >= 11 is 0. The van der Waals surface area contributed by atoms with Crippen molar-refractivity contribution in [2.24, 2.45) is 5.92 Å². The smallest absolute Gasteiger partial charge is 0.0206 e. The Kier molecular flexibility index (Phi) is 2.98. The zero-order valence-corrected chi connectivity index (χ0v) is 7.03. The lowest BCUT2D eigenvalue weighted by atomic mass is 9.83. The van der Waals surface area contributed by atoms with Crippen molar-refractivity contribution < 1.29 is 0 Å². The van der Waals surface area contributed by atoms with Gasteiger partial charge in [0.05, 0.1) is 0 Å². The average Bonchev–Trinajstić information content (AvgIpc) is 1.94.